The number of methoxy groups -OCH3 is 1. The standard InChI is InChI=1S/C22H12ClF4N3O2S2/c1-32-19-17(26)15(24)14(16(25)18(19)27)20(31)30-22(33)28-9-6-7-11(23)10(8-9)21-29-12-4-2-3-5-13(12)34-21/h2-8H,1H3,(H2,28,30,31,33). The lowest BCUT2D eigenvalue weighted by molar-refractivity contribution is 0.0966. The maximum Gasteiger partial charge on any atom is 0.263 e. The molecule has 0 aliphatic heterocycles. The molecule has 0 aliphatic carbocycles. The molecule has 0 spiro atoms. The van der Waals surface area contributed by atoms with Gasteiger partial charge in [0.2, 0.25) is 11.6 Å². The van der Waals surface area contributed by atoms with E-state index in [-0.39, 0.29) is 5.11 Å². The van der Waals surface area contributed by atoms with Crippen LogP contribution in [0.5, 0.6) is 5.75 Å². The summed E-state index contributed by atoms with van der Waals surface area (Å²) in [6.45, 7) is 0. The number of fused-ring (bicyclic) bond motifs is 1. The number of thiocarbonyl (C=S) groups is 1. The molecular weight excluding hydrogens is 514 g/mol. The summed E-state index contributed by atoms with van der Waals surface area (Å²) in [4.78, 5) is 16.9. The van der Waals surface area contributed by atoms with Crippen LogP contribution in [0.3, 0.4) is 0 Å². The Bertz CT molecular complexity index is 1400. The van der Waals surface area contributed by atoms with Gasteiger partial charge in [-0.25, -0.2) is 13.8 Å². The van der Waals surface area contributed by atoms with Gasteiger partial charge >= 0.3 is 0 Å². The summed E-state index contributed by atoms with van der Waals surface area (Å²) < 4.78 is 61.4. The van der Waals surface area contributed by atoms with E-state index in [0.717, 1.165) is 17.3 Å². The quantitative estimate of drug-likeness (QED) is 0.186. The number of rotatable bonds is 4. The van der Waals surface area contributed by atoms with Crippen molar-refractivity contribution in [3.63, 3.8) is 0 Å². The van der Waals surface area contributed by atoms with Crippen molar-refractivity contribution in [1.29, 1.82) is 0 Å². The number of thiazole rings is 1. The van der Waals surface area contributed by atoms with Gasteiger partial charge in [-0.1, -0.05) is 23.7 Å². The van der Waals surface area contributed by atoms with E-state index in [0.29, 0.717) is 21.3 Å². The molecule has 0 fully saturated rings. The molecule has 174 valence electrons. The Hall–Kier alpha value is -3.28. The molecule has 2 N–H and O–H groups in total. The predicted molar refractivity (Wildman–Crippen MR) is 127 cm³/mol. The zero-order valence-corrected chi connectivity index (χ0v) is 19.4. The number of halogens is 5. The van der Waals surface area contributed by atoms with Gasteiger partial charge in [0, 0.05) is 11.3 Å². The second-order valence-corrected chi connectivity index (χ2v) is 8.60. The lowest BCUT2D eigenvalue weighted by Crippen LogP contribution is -2.35. The monoisotopic (exact) mass is 525 g/mol. The number of benzene rings is 3. The molecule has 1 amide bonds. The number of para-hydroxylation sites is 1. The highest BCUT2D eigenvalue weighted by Gasteiger charge is 2.30. The number of hydrogen-bond donors (Lipinski definition) is 2. The van der Waals surface area contributed by atoms with E-state index in [1.165, 1.54) is 11.3 Å². The zero-order chi connectivity index (χ0) is 24.6. The van der Waals surface area contributed by atoms with Gasteiger partial charge in [-0.3, -0.25) is 10.1 Å². The molecule has 0 radical (unpaired) electrons. The molecule has 0 saturated heterocycles. The number of aromatic nitrogens is 1. The van der Waals surface area contributed by atoms with Gasteiger partial charge < -0.3 is 10.1 Å². The largest absolute Gasteiger partial charge is 0.491 e. The number of ether oxygens (including phenoxy) is 1. The Balaban J connectivity index is 1.56. The van der Waals surface area contributed by atoms with Crippen LogP contribution in [0.1, 0.15) is 10.4 Å². The van der Waals surface area contributed by atoms with Crippen molar-refractivity contribution < 1.29 is 27.1 Å². The zero-order valence-electron chi connectivity index (χ0n) is 17.0. The summed E-state index contributed by atoms with van der Waals surface area (Å²) in [6, 6.07) is 12.3. The lowest BCUT2D eigenvalue weighted by Gasteiger charge is -2.13. The number of carbonyl (C=O) groups is 1. The van der Waals surface area contributed by atoms with Gasteiger partial charge in [0.05, 0.1) is 22.3 Å². The van der Waals surface area contributed by atoms with Crippen LogP contribution in [-0.2, 0) is 0 Å². The van der Waals surface area contributed by atoms with Gasteiger partial charge in [0.15, 0.2) is 22.5 Å². The van der Waals surface area contributed by atoms with Crippen molar-refractivity contribution in [3.05, 3.63) is 76.3 Å². The Morgan fingerprint density at radius 3 is 2.38 bits per heavy atom. The number of anilines is 1. The van der Waals surface area contributed by atoms with Gasteiger partial charge in [-0.05, 0) is 42.5 Å². The summed E-state index contributed by atoms with van der Waals surface area (Å²) in [5.41, 5.74) is 0.268. The average Bonchev–Trinajstić information content (AvgIpc) is 3.23. The minimum atomic E-state index is -1.92. The van der Waals surface area contributed by atoms with E-state index in [1.54, 1.807) is 18.2 Å². The molecule has 1 heterocycles. The molecule has 3 aromatic carbocycles. The van der Waals surface area contributed by atoms with E-state index < -0.39 is 40.5 Å². The van der Waals surface area contributed by atoms with Crippen LogP contribution in [0.2, 0.25) is 5.02 Å². The fourth-order valence-electron chi connectivity index (χ4n) is 3.07. The van der Waals surface area contributed by atoms with Gasteiger partial charge in [-0.15, -0.1) is 11.3 Å². The number of hydrogen-bond acceptors (Lipinski definition) is 5. The first-order valence-electron chi connectivity index (χ1n) is 9.39. The second kappa shape index (κ2) is 9.53. The average molecular weight is 526 g/mol. The summed E-state index contributed by atoms with van der Waals surface area (Å²) in [5.74, 6) is -10.3. The fraction of sp³-hybridized carbons (Fsp3) is 0.0455. The molecule has 5 nitrogen and oxygen atoms in total. The molecule has 0 aliphatic rings. The third-order valence-corrected chi connectivity index (χ3v) is 6.23. The molecular formula is C22H12ClF4N3O2S2. The molecule has 0 bridgehead atoms. The summed E-state index contributed by atoms with van der Waals surface area (Å²) >= 11 is 12.8. The highest BCUT2D eigenvalue weighted by Crippen LogP contribution is 2.36. The van der Waals surface area contributed by atoms with Crippen LogP contribution >= 0.6 is 35.2 Å². The number of carbonyl (C=O) groups excluding carboxylic acids is 1. The van der Waals surface area contributed by atoms with Crippen LogP contribution in [0.4, 0.5) is 23.2 Å². The van der Waals surface area contributed by atoms with Crippen LogP contribution in [0.25, 0.3) is 20.8 Å². The van der Waals surface area contributed by atoms with Gasteiger partial charge in [0.25, 0.3) is 5.91 Å². The van der Waals surface area contributed by atoms with E-state index in [2.05, 4.69) is 15.0 Å². The molecule has 4 rings (SSSR count). The van der Waals surface area contributed by atoms with E-state index >= 15 is 0 Å². The van der Waals surface area contributed by atoms with Crippen LogP contribution in [0, 0.1) is 23.3 Å². The third kappa shape index (κ3) is 4.41. The lowest BCUT2D eigenvalue weighted by atomic mass is 10.1. The number of nitrogens with one attached hydrogen (secondary N) is 2. The molecule has 0 atom stereocenters. The van der Waals surface area contributed by atoms with Crippen LogP contribution in [0.15, 0.2) is 42.5 Å². The molecule has 12 heteroatoms. The van der Waals surface area contributed by atoms with Gasteiger partial charge in [0.1, 0.15) is 10.6 Å². The maximum atomic E-state index is 14.2. The molecule has 0 saturated carbocycles. The normalized spacial score (nSPS) is 10.9. The third-order valence-electron chi connectivity index (χ3n) is 4.63. The highest BCUT2D eigenvalue weighted by molar-refractivity contribution is 7.80. The Morgan fingerprint density at radius 1 is 1.06 bits per heavy atom. The first-order valence-corrected chi connectivity index (χ1v) is 11.0. The van der Waals surface area contributed by atoms with E-state index in [9.17, 15) is 22.4 Å². The first kappa shape index (κ1) is 23.9. The van der Waals surface area contributed by atoms with Crippen molar-refractivity contribution in [1.82, 2.24) is 10.3 Å². The van der Waals surface area contributed by atoms with Crippen molar-refractivity contribution in [2.24, 2.45) is 0 Å². The molecule has 0 unspecified atom stereocenters. The van der Waals surface area contributed by atoms with Crippen molar-refractivity contribution in [2.75, 3.05) is 12.4 Å². The van der Waals surface area contributed by atoms with E-state index in [4.69, 9.17) is 23.8 Å². The SMILES string of the molecule is COc1c(F)c(F)c(C(=O)NC(=S)Nc2ccc(Cl)c(-c3nc4ccccc4s3)c2)c(F)c1F. The van der Waals surface area contributed by atoms with Crippen molar-refractivity contribution in [3.8, 4) is 16.3 Å². The maximum absolute atomic E-state index is 14.2. The summed E-state index contributed by atoms with van der Waals surface area (Å²) in [7, 11) is 0.827. The summed E-state index contributed by atoms with van der Waals surface area (Å²) in [5, 5.41) is 5.33. The highest BCUT2D eigenvalue weighted by atomic mass is 35.5. The molecule has 34 heavy (non-hydrogen) atoms. The summed E-state index contributed by atoms with van der Waals surface area (Å²) in [6.07, 6.45) is 0. The molecule has 4 aromatic rings. The number of nitrogens with zero attached hydrogens (tertiary/aromatic N) is 1. The van der Waals surface area contributed by atoms with Crippen molar-refractivity contribution in [2.45, 2.75) is 0 Å². The Kier molecular flexibility index (Phi) is 6.69. The van der Waals surface area contributed by atoms with E-state index in [1.807, 2.05) is 29.6 Å². The van der Waals surface area contributed by atoms with Crippen LogP contribution < -0.4 is 15.4 Å². The minimum Gasteiger partial charge on any atom is -0.491 e. The Labute approximate surface area is 204 Å². The van der Waals surface area contributed by atoms with Crippen molar-refractivity contribution >= 4 is 62.1 Å². The smallest absolute Gasteiger partial charge is 0.263 e. The minimum absolute atomic E-state index is 0.372. The Morgan fingerprint density at radius 2 is 1.74 bits per heavy atom. The molecule has 1 aromatic heterocycles. The topological polar surface area (TPSA) is 63.2 Å². The van der Waals surface area contributed by atoms with Gasteiger partial charge in [-0.2, -0.15) is 8.78 Å². The second-order valence-electron chi connectivity index (χ2n) is 6.75. The predicted octanol–water partition coefficient (Wildman–Crippen LogP) is 6.31. The first-order chi connectivity index (χ1) is 16.2. The van der Waals surface area contributed by atoms with Crippen LogP contribution in [-0.4, -0.2) is 23.1 Å². The number of amides is 1. The fourth-order valence-corrected chi connectivity index (χ4v) is 4.54.